The Balaban J connectivity index is -0.0000000133. The third-order valence-corrected chi connectivity index (χ3v) is 0. The molecular formula is CH11AlFeLiO4P. The van der Waals surface area contributed by atoms with Gasteiger partial charge >= 0.3 is 26.7 Å². The first kappa shape index (κ1) is 30.9. The molecule has 0 aromatic carbocycles. The average Bonchev–Trinajstić information content (AvgIpc) is 0.722. The van der Waals surface area contributed by atoms with Crippen LogP contribution in [0.5, 0.6) is 0 Å². The van der Waals surface area contributed by atoms with Crippen LogP contribution in [0.2, 0.25) is 0 Å². The van der Waals surface area contributed by atoms with E-state index in [0.717, 1.165) is 0 Å². The molecule has 56 valence electrons. The van der Waals surface area contributed by atoms with E-state index in [9.17, 15) is 0 Å². The average molecular weight is 208 g/mol. The molecule has 0 aliphatic heterocycles. The fourth-order valence-corrected chi connectivity index (χ4v) is 0. The van der Waals surface area contributed by atoms with Crippen molar-refractivity contribution in [3.05, 3.63) is 0 Å². The van der Waals surface area contributed by atoms with E-state index in [0.29, 0.717) is 0 Å². The van der Waals surface area contributed by atoms with Gasteiger partial charge in [0, 0.05) is 17.1 Å². The first-order chi connectivity index (χ1) is 2.00. The molecule has 0 aliphatic rings. The predicted octanol–water partition coefficient (Wildman–Crippen LogP) is -2.13. The van der Waals surface area contributed by atoms with E-state index in [1.165, 1.54) is 0 Å². The van der Waals surface area contributed by atoms with Gasteiger partial charge in [-0.15, -0.1) is 0 Å². The third-order valence-electron chi connectivity index (χ3n) is 0. The molecule has 0 heterocycles. The second-order valence-corrected chi connectivity index (χ2v) is 1.54. The van der Waals surface area contributed by atoms with E-state index in [-0.39, 0.29) is 60.7 Å². The van der Waals surface area contributed by atoms with Crippen LogP contribution < -0.4 is 0 Å². The first-order valence-electron chi connectivity index (χ1n) is 0.783. The molecule has 0 aromatic heterocycles. The minimum absolute atomic E-state index is 0. The van der Waals surface area contributed by atoms with Crippen LogP contribution in [0.4, 0.5) is 0 Å². The molecule has 0 radical (unpaired) electrons. The Kier molecular flexibility index (Phi) is 42.7. The van der Waals surface area contributed by atoms with Crippen molar-refractivity contribution in [2.24, 2.45) is 0 Å². The van der Waals surface area contributed by atoms with Crippen molar-refractivity contribution in [3.8, 4) is 0 Å². The van der Waals surface area contributed by atoms with Crippen molar-refractivity contribution in [1.82, 2.24) is 0 Å². The van der Waals surface area contributed by atoms with Crippen molar-refractivity contribution in [3.63, 3.8) is 0 Å². The van der Waals surface area contributed by atoms with E-state index in [2.05, 4.69) is 0 Å². The zero-order valence-electron chi connectivity index (χ0n) is 2.55. The van der Waals surface area contributed by atoms with Crippen LogP contribution in [0.3, 0.4) is 0 Å². The number of rotatable bonds is 0. The van der Waals surface area contributed by atoms with Gasteiger partial charge in [0.2, 0.25) is 0 Å². The van der Waals surface area contributed by atoms with E-state index in [1.807, 2.05) is 0 Å². The summed E-state index contributed by atoms with van der Waals surface area (Å²) in [6.07, 6.45) is 0. The number of phosphoric acid groups is 1. The summed E-state index contributed by atoms with van der Waals surface area (Å²) in [6.45, 7) is 0. The molecule has 0 amide bonds. The summed E-state index contributed by atoms with van der Waals surface area (Å²) in [5.41, 5.74) is 0. The van der Waals surface area contributed by atoms with Crippen LogP contribution in [0, 0.1) is 0 Å². The molecule has 0 rings (SSSR count). The summed E-state index contributed by atoms with van der Waals surface area (Å²) < 4.78 is 8.88. The molecule has 0 fully saturated rings. The zero-order chi connectivity index (χ0) is 4.50. The van der Waals surface area contributed by atoms with Crippen LogP contribution in [0.15, 0.2) is 0 Å². The van der Waals surface area contributed by atoms with Gasteiger partial charge in [0.15, 0.2) is 17.4 Å². The summed E-state index contributed by atoms with van der Waals surface area (Å²) in [5.74, 6) is 0. The van der Waals surface area contributed by atoms with Crippen LogP contribution in [-0.4, -0.2) is 50.9 Å². The Bertz CT molecular complexity index is 66.7. The summed E-state index contributed by atoms with van der Waals surface area (Å²) in [5, 5.41) is 0. The van der Waals surface area contributed by atoms with Crippen molar-refractivity contribution in [2.75, 3.05) is 0 Å². The molecule has 9 heavy (non-hydrogen) atoms. The standard InChI is InChI=1S/CH4.Al.Fe.Li.H3O4P.4H/c;;;;1-5(2,3)4;;;;/h1H4;;;;(H3,1,2,3,4);;;;. The molecule has 0 unspecified atom stereocenters. The minimum atomic E-state index is -4.64. The molecule has 3 N–H and O–H groups in total. The van der Waals surface area contributed by atoms with Crippen LogP contribution in [-0.2, 0) is 21.6 Å². The normalized spacial score (nSPS) is 6.56. The molecule has 4 nitrogen and oxygen atoms in total. The molecular weight excluding hydrogens is 197 g/mol. The van der Waals surface area contributed by atoms with E-state index < -0.39 is 7.82 Å². The molecule has 8 heteroatoms. The Labute approximate surface area is 87.4 Å². The van der Waals surface area contributed by atoms with E-state index in [1.54, 1.807) is 0 Å². The maximum atomic E-state index is 8.88. The second kappa shape index (κ2) is 12.4. The molecule has 0 bridgehead atoms. The molecule has 0 aliphatic carbocycles. The Morgan fingerprint density at radius 2 is 1.11 bits per heavy atom. The summed E-state index contributed by atoms with van der Waals surface area (Å²) in [4.78, 5) is 21.6. The first-order valence-corrected chi connectivity index (χ1v) is 2.35. The Morgan fingerprint density at radius 1 is 1.11 bits per heavy atom. The van der Waals surface area contributed by atoms with Gasteiger partial charge in [-0.2, -0.15) is 0 Å². The predicted molar refractivity (Wildman–Crippen MR) is 38.1 cm³/mol. The van der Waals surface area contributed by atoms with Crippen molar-refractivity contribution in [1.29, 1.82) is 0 Å². The topological polar surface area (TPSA) is 77.8 Å². The van der Waals surface area contributed by atoms with E-state index in [4.69, 9.17) is 19.2 Å². The summed E-state index contributed by atoms with van der Waals surface area (Å²) in [7, 11) is -4.64. The number of hydrogen-bond acceptors (Lipinski definition) is 1. The van der Waals surface area contributed by atoms with Gasteiger partial charge in [-0.25, -0.2) is 4.57 Å². The maximum absolute atomic E-state index is 8.88. The third kappa shape index (κ3) is 190. The van der Waals surface area contributed by atoms with Crippen molar-refractivity contribution in [2.45, 2.75) is 7.43 Å². The summed E-state index contributed by atoms with van der Waals surface area (Å²) >= 11 is 0. The van der Waals surface area contributed by atoms with E-state index >= 15 is 0 Å². The van der Waals surface area contributed by atoms with Crippen LogP contribution in [0.1, 0.15) is 7.43 Å². The fraction of sp³-hybridized carbons (Fsp3) is 1.00. The van der Waals surface area contributed by atoms with Gasteiger partial charge in [-0.05, 0) is 0 Å². The van der Waals surface area contributed by atoms with Gasteiger partial charge in [-0.3, -0.25) is 0 Å². The zero-order valence-corrected chi connectivity index (χ0v) is 4.55. The van der Waals surface area contributed by atoms with Crippen LogP contribution >= 0.6 is 7.82 Å². The quantitative estimate of drug-likeness (QED) is 0.314. The molecule has 0 aromatic rings. The van der Waals surface area contributed by atoms with Crippen molar-refractivity contribution < 1.29 is 36.3 Å². The fourth-order valence-electron chi connectivity index (χ4n) is 0. The Morgan fingerprint density at radius 3 is 1.11 bits per heavy atom. The Hall–Kier alpha value is 1.76. The monoisotopic (exact) mass is 208 g/mol. The molecule has 0 saturated heterocycles. The van der Waals surface area contributed by atoms with Gasteiger partial charge in [0.1, 0.15) is 0 Å². The van der Waals surface area contributed by atoms with Gasteiger partial charge < -0.3 is 14.7 Å². The van der Waals surface area contributed by atoms with Gasteiger partial charge in [0.25, 0.3) is 0 Å². The number of hydrogen-bond donors (Lipinski definition) is 3. The summed E-state index contributed by atoms with van der Waals surface area (Å²) in [6, 6.07) is 0. The van der Waals surface area contributed by atoms with Crippen molar-refractivity contribution >= 4 is 44.0 Å². The van der Waals surface area contributed by atoms with Crippen LogP contribution in [0.25, 0.3) is 0 Å². The second-order valence-electron chi connectivity index (χ2n) is 0.513. The molecule has 0 atom stereocenters. The SMILES string of the molecule is C.O=P(O)(O)O.[AlH3].[Fe].[LiH]. The molecule has 0 saturated carbocycles. The van der Waals surface area contributed by atoms with Gasteiger partial charge in [-0.1, -0.05) is 7.43 Å². The molecule has 0 spiro atoms. The van der Waals surface area contributed by atoms with Gasteiger partial charge in [0.05, 0.1) is 0 Å².